The van der Waals surface area contributed by atoms with Crippen LogP contribution >= 0.6 is 11.3 Å². The highest BCUT2D eigenvalue weighted by molar-refractivity contribution is 7.19. The van der Waals surface area contributed by atoms with Crippen molar-refractivity contribution in [3.63, 3.8) is 0 Å². The Morgan fingerprint density at radius 1 is 1.33 bits per heavy atom. The Balaban J connectivity index is 2.09. The van der Waals surface area contributed by atoms with Gasteiger partial charge in [0.1, 0.15) is 0 Å². The Morgan fingerprint density at radius 3 is 2.90 bits per heavy atom. The molecule has 0 aliphatic carbocycles. The molecule has 114 valence electrons. The summed E-state index contributed by atoms with van der Waals surface area (Å²) in [4.78, 5) is 1.40. The maximum Gasteiger partial charge on any atom is 0.0734 e. The highest BCUT2D eigenvalue weighted by Gasteiger charge is 2.12. The van der Waals surface area contributed by atoms with Crippen LogP contribution in [0.15, 0.2) is 36.9 Å². The van der Waals surface area contributed by atoms with Crippen LogP contribution in [0.2, 0.25) is 0 Å². The molecule has 0 aliphatic rings. The van der Waals surface area contributed by atoms with E-state index in [2.05, 4.69) is 50.0 Å². The van der Waals surface area contributed by atoms with Crippen LogP contribution in [0, 0.1) is 0 Å². The summed E-state index contributed by atoms with van der Waals surface area (Å²) in [5.74, 6) is 0. The molecule has 0 radical (unpaired) electrons. The molecule has 0 saturated heterocycles. The highest BCUT2D eigenvalue weighted by Crippen LogP contribution is 2.32. The van der Waals surface area contributed by atoms with Gasteiger partial charge in [-0.2, -0.15) is 0 Å². The van der Waals surface area contributed by atoms with Crippen molar-refractivity contribution in [2.45, 2.75) is 45.9 Å². The van der Waals surface area contributed by atoms with Crippen LogP contribution in [-0.2, 0) is 17.9 Å². The monoisotopic (exact) mass is 303 g/mol. The molecule has 3 heteroatoms. The standard InChI is InChI=1S/C18H25NOS/c1-4-5-8-11-20-13-16-15-9-6-7-10-17(15)21-18(16)12-19-14(2)3/h4,6-7,9-10,14,19H,1,5,8,11-13H2,2-3H3. The lowest BCUT2D eigenvalue weighted by atomic mass is 10.1. The van der Waals surface area contributed by atoms with Crippen LogP contribution in [0.25, 0.3) is 10.1 Å². The fourth-order valence-electron chi connectivity index (χ4n) is 2.25. The van der Waals surface area contributed by atoms with E-state index in [1.165, 1.54) is 20.5 Å². The molecule has 0 unspecified atom stereocenters. The summed E-state index contributed by atoms with van der Waals surface area (Å²) in [6.45, 7) is 10.5. The SMILES string of the molecule is C=CCCCOCc1c(CNC(C)C)sc2ccccc12. The summed E-state index contributed by atoms with van der Waals surface area (Å²) in [6.07, 6.45) is 4.01. The number of hydrogen-bond donors (Lipinski definition) is 1. The molecule has 1 N–H and O–H groups in total. The molecule has 2 nitrogen and oxygen atoms in total. The van der Waals surface area contributed by atoms with Gasteiger partial charge in [0.2, 0.25) is 0 Å². The van der Waals surface area contributed by atoms with Gasteiger partial charge in [-0.25, -0.2) is 0 Å². The molecule has 0 fully saturated rings. The predicted octanol–water partition coefficient (Wildman–Crippen LogP) is 4.88. The molecule has 1 aromatic carbocycles. The van der Waals surface area contributed by atoms with Gasteiger partial charge in [0, 0.05) is 34.3 Å². The molecule has 0 spiro atoms. The number of hydrogen-bond acceptors (Lipinski definition) is 3. The van der Waals surface area contributed by atoms with E-state index in [1.807, 2.05) is 17.4 Å². The number of nitrogens with one attached hydrogen (secondary N) is 1. The van der Waals surface area contributed by atoms with E-state index in [0.717, 1.165) is 26.0 Å². The van der Waals surface area contributed by atoms with Gasteiger partial charge in [0.15, 0.2) is 0 Å². The van der Waals surface area contributed by atoms with Crippen molar-refractivity contribution in [2.75, 3.05) is 6.61 Å². The lowest BCUT2D eigenvalue weighted by Crippen LogP contribution is -2.21. The average molecular weight is 303 g/mol. The smallest absolute Gasteiger partial charge is 0.0734 e. The highest BCUT2D eigenvalue weighted by atomic mass is 32.1. The van der Waals surface area contributed by atoms with Crippen LogP contribution in [0.1, 0.15) is 37.1 Å². The lowest BCUT2D eigenvalue weighted by molar-refractivity contribution is 0.119. The third-order valence-electron chi connectivity index (χ3n) is 3.40. The summed E-state index contributed by atoms with van der Waals surface area (Å²) >= 11 is 1.88. The Labute approximate surface area is 131 Å². The van der Waals surface area contributed by atoms with Crippen LogP contribution in [0.3, 0.4) is 0 Å². The number of thiophene rings is 1. The van der Waals surface area contributed by atoms with Gasteiger partial charge >= 0.3 is 0 Å². The maximum absolute atomic E-state index is 5.87. The largest absolute Gasteiger partial charge is 0.377 e. The van der Waals surface area contributed by atoms with Gasteiger partial charge in [-0.3, -0.25) is 0 Å². The van der Waals surface area contributed by atoms with Gasteiger partial charge in [0.05, 0.1) is 6.61 Å². The van der Waals surface area contributed by atoms with Crippen LogP contribution in [-0.4, -0.2) is 12.6 Å². The molecule has 1 heterocycles. The molecule has 0 amide bonds. The fraction of sp³-hybridized carbons (Fsp3) is 0.444. The zero-order valence-corrected chi connectivity index (χ0v) is 13.8. The van der Waals surface area contributed by atoms with E-state index < -0.39 is 0 Å². The zero-order valence-electron chi connectivity index (χ0n) is 13.0. The van der Waals surface area contributed by atoms with E-state index >= 15 is 0 Å². The summed E-state index contributed by atoms with van der Waals surface area (Å²) < 4.78 is 7.22. The molecule has 0 saturated carbocycles. The maximum atomic E-state index is 5.87. The first-order valence-electron chi connectivity index (χ1n) is 7.63. The van der Waals surface area contributed by atoms with E-state index in [-0.39, 0.29) is 0 Å². The molecule has 0 atom stereocenters. The summed E-state index contributed by atoms with van der Waals surface area (Å²) in [5.41, 5.74) is 1.35. The minimum Gasteiger partial charge on any atom is -0.377 e. The molecule has 0 bridgehead atoms. The Kier molecular flexibility index (Phi) is 6.43. The van der Waals surface area contributed by atoms with Crippen molar-refractivity contribution in [3.05, 3.63) is 47.4 Å². The van der Waals surface area contributed by atoms with E-state index in [9.17, 15) is 0 Å². The first-order valence-corrected chi connectivity index (χ1v) is 8.45. The predicted molar refractivity (Wildman–Crippen MR) is 92.9 cm³/mol. The first-order chi connectivity index (χ1) is 10.2. The van der Waals surface area contributed by atoms with Crippen molar-refractivity contribution in [1.82, 2.24) is 5.32 Å². The number of benzene rings is 1. The molecular weight excluding hydrogens is 278 g/mol. The lowest BCUT2D eigenvalue weighted by Gasteiger charge is -2.09. The summed E-state index contributed by atoms with van der Waals surface area (Å²) in [6, 6.07) is 9.10. The van der Waals surface area contributed by atoms with E-state index in [1.54, 1.807) is 0 Å². The Morgan fingerprint density at radius 2 is 2.14 bits per heavy atom. The van der Waals surface area contributed by atoms with Gasteiger partial charge in [-0.15, -0.1) is 17.9 Å². The molecule has 2 aromatic rings. The molecule has 1 aromatic heterocycles. The quantitative estimate of drug-likeness (QED) is 0.526. The van der Waals surface area contributed by atoms with Gasteiger partial charge in [-0.1, -0.05) is 38.1 Å². The van der Waals surface area contributed by atoms with Crippen molar-refractivity contribution in [2.24, 2.45) is 0 Å². The van der Waals surface area contributed by atoms with Crippen molar-refractivity contribution >= 4 is 21.4 Å². The average Bonchev–Trinajstić information content (AvgIpc) is 2.83. The van der Waals surface area contributed by atoms with Crippen LogP contribution in [0.5, 0.6) is 0 Å². The minimum absolute atomic E-state index is 0.497. The van der Waals surface area contributed by atoms with E-state index in [4.69, 9.17) is 4.74 Å². The van der Waals surface area contributed by atoms with Crippen molar-refractivity contribution in [1.29, 1.82) is 0 Å². The van der Waals surface area contributed by atoms with Gasteiger partial charge in [-0.05, 0) is 24.3 Å². The molecular formula is C18H25NOS. The van der Waals surface area contributed by atoms with Gasteiger partial charge < -0.3 is 10.1 Å². The second kappa shape index (κ2) is 8.32. The van der Waals surface area contributed by atoms with Crippen LogP contribution in [0.4, 0.5) is 0 Å². The van der Waals surface area contributed by atoms with Crippen molar-refractivity contribution < 1.29 is 4.74 Å². The Bertz CT molecular complexity index is 574. The number of fused-ring (bicyclic) bond motifs is 1. The minimum atomic E-state index is 0.497. The second-order valence-electron chi connectivity index (χ2n) is 5.52. The molecule has 2 rings (SSSR count). The number of ether oxygens (including phenoxy) is 1. The topological polar surface area (TPSA) is 21.3 Å². The normalized spacial score (nSPS) is 11.4. The summed E-state index contributed by atoms with van der Waals surface area (Å²) in [5, 5.41) is 4.86. The zero-order chi connectivity index (χ0) is 15.1. The second-order valence-corrected chi connectivity index (χ2v) is 6.66. The molecule has 21 heavy (non-hydrogen) atoms. The molecule has 0 aliphatic heterocycles. The number of allylic oxidation sites excluding steroid dienone is 1. The van der Waals surface area contributed by atoms with E-state index in [0.29, 0.717) is 12.6 Å². The van der Waals surface area contributed by atoms with Crippen LogP contribution < -0.4 is 5.32 Å². The third-order valence-corrected chi connectivity index (χ3v) is 4.61. The first kappa shape index (κ1) is 16.2. The third kappa shape index (κ3) is 4.67. The summed E-state index contributed by atoms with van der Waals surface area (Å²) in [7, 11) is 0. The van der Waals surface area contributed by atoms with Gasteiger partial charge in [0.25, 0.3) is 0 Å². The fourth-order valence-corrected chi connectivity index (χ4v) is 3.41. The Hall–Kier alpha value is -1.16. The number of rotatable bonds is 9. The number of unbranched alkanes of at least 4 members (excludes halogenated alkanes) is 1. The van der Waals surface area contributed by atoms with Crippen molar-refractivity contribution in [3.8, 4) is 0 Å².